The Morgan fingerprint density at radius 2 is 1.87 bits per heavy atom. The van der Waals surface area contributed by atoms with Crippen LogP contribution in [0.25, 0.3) is 0 Å². The van der Waals surface area contributed by atoms with E-state index in [9.17, 15) is 4.79 Å². The van der Waals surface area contributed by atoms with Crippen molar-refractivity contribution in [2.75, 3.05) is 11.9 Å². The van der Waals surface area contributed by atoms with E-state index in [1.807, 2.05) is 44.2 Å². The first-order valence-corrected chi connectivity index (χ1v) is 10.9. The van der Waals surface area contributed by atoms with E-state index in [1.54, 1.807) is 16.4 Å². The molecule has 0 radical (unpaired) electrons. The quantitative estimate of drug-likeness (QED) is 0.459. The molecule has 3 aromatic rings. The van der Waals surface area contributed by atoms with Gasteiger partial charge in [0.05, 0.1) is 12.2 Å². The van der Waals surface area contributed by atoms with Crippen LogP contribution in [0, 0.1) is 6.92 Å². The standard InChI is InChI=1S/C23H24N4O2S/c1-4-29-21(28)19-16(3)24-22-25-23(30-14-17-12-10-15(2)11-13-17)26-27(22)20(19)18-8-6-5-7-9-18/h5-13,20H,4,14H2,1-3H3,(H,24,25,26). The highest BCUT2D eigenvalue weighted by atomic mass is 32.2. The van der Waals surface area contributed by atoms with E-state index < -0.39 is 0 Å². The predicted octanol–water partition coefficient (Wildman–Crippen LogP) is 4.73. The van der Waals surface area contributed by atoms with Crippen molar-refractivity contribution < 1.29 is 9.53 Å². The molecule has 1 atom stereocenters. The van der Waals surface area contributed by atoms with E-state index in [4.69, 9.17) is 9.84 Å². The van der Waals surface area contributed by atoms with E-state index in [2.05, 4.69) is 41.5 Å². The molecule has 4 rings (SSSR count). The number of benzene rings is 2. The molecule has 0 fully saturated rings. The van der Waals surface area contributed by atoms with Crippen LogP contribution in [0.1, 0.15) is 36.6 Å². The van der Waals surface area contributed by atoms with Gasteiger partial charge in [-0.05, 0) is 31.9 Å². The average molecular weight is 421 g/mol. The average Bonchev–Trinajstić information content (AvgIpc) is 3.15. The second-order valence-electron chi connectivity index (χ2n) is 7.13. The van der Waals surface area contributed by atoms with Gasteiger partial charge in [-0.1, -0.05) is 71.9 Å². The van der Waals surface area contributed by atoms with Crippen LogP contribution in [-0.2, 0) is 15.3 Å². The molecule has 1 unspecified atom stereocenters. The number of carbonyl (C=O) groups excluding carboxylic acids is 1. The summed E-state index contributed by atoms with van der Waals surface area (Å²) in [4.78, 5) is 17.4. The Bertz CT molecular complexity index is 1070. The van der Waals surface area contributed by atoms with Gasteiger partial charge < -0.3 is 10.1 Å². The first-order chi connectivity index (χ1) is 14.6. The Balaban J connectivity index is 1.66. The second-order valence-corrected chi connectivity index (χ2v) is 8.08. The van der Waals surface area contributed by atoms with Crippen molar-refractivity contribution in [1.29, 1.82) is 0 Å². The second kappa shape index (κ2) is 8.75. The zero-order valence-electron chi connectivity index (χ0n) is 17.3. The molecule has 1 aliphatic heterocycles. The fourth-order valence-electron chi connectivity index (χ4n) is 3.44. The normalized spacial score (nSPS) is 15.5. The molecule has 0 saturated heterocycles. The van der Waals surface area contributed by atoms with E-state index in [0.29, 0.717) is 23.3 Å². The molecule has 6 nitrogen and oxygen atoms in total. The summed E-state index contributed by atoms with van der Waals surface area (Å²) in [6.45, 7) is 6.08. The van der Waals surface area contributed by atoms with Gasteiger partial charge in [-0.3, -0.25) is 0 Å². The number of hydrogen-bond donors (Lipinski definition) is 1. The van der Waals surface area contributed by atoms with Crippen LogP contribution >= 0.6 is 11.8 Å². The topological polar surface area (TPSA) is 69.0 Å². The van der Waals surface area contributed by atoms with Gasteiger partial charge in [0.1, 0.15) is 6.04 Å². The van der Waals surface area contributed by atoms with E-state index >= 15 is 0 Å². The number of nitrogens with one attached hydrogen (secondary N) is 1. The third kappa shape index (κ3) is 4.11. The molecule has 0 bridgehead atoms. The molecule has 0 spiro atoms. The van der Waals surface area contributed by atoms with Gasteiger partial charge in [0, 0.05) is 11.4 Å². The smallest absolute Gasteiger partial charge is 0.338 e. The van der Waals surface area contributed by atoms with Gasteiger partial charge in [-0.15, -0.1) is 5.10 Å². The van der Waals surface area contributed by atoms with Gasteiger partial charge in [-0.2, -0.15) is 4.98 Å². The van der Waals surface area contributed by atoms with E-state index in [0.717, 1.165) is 17.0 Å². The molecular formula is C23H24N4O2S. The molecule has 1 aliphatic rings. The Hall–Kier alpha value is -3.06. The summed E-state index contributed by atoms with van der Waals surface area (Å²) in [6, 6.07) is 17.9. The molecule has 0 amide bonds. The highest BCUT2D eigenvalue weighted by molar-refractivity contribution is 7.98. The molecule has 7 heteroatoms. The molecule has 30 heavy (non-hydrogen) atoms. The molecule has 2 heterocycles. The number of rotatable bonds is 6. The van der Waals surface area contributed by atoms with Gasteiger partial charge >= 0.3 is 5.97 Å². The number of aromatic nitrogens is 3. The molecule has 1 N–H and O–H groups in total. The molecule has 1 aromatic heterocycles. The zero-order valence-corrected chi connectivity index (χ0v) is 18.1. The number of aryl methyl sites for hydroxylation is 1. The Labute approximate surface area is 180 Å². The monoisotopic (exact) mass is 420 g/mol. The van der Waals surface area contributed by atoms with Crippen LogP contribution in [0.4, 0.5) is 5.95 Å². The summed E-state index contributed by atoms with van der Waals surface area (Å²) in [5.41, 5.74) is 4.70. The minimum absolute atomic E-state index is 0.318. The highest BCUT2D eigenvalue weighted by Gasteiger charge is 2.35. The van der Waals surface area contributed by atoms with Crippen LogP contribution < -0.4 is 5.32 Å². The van der Waals surface area contributed by atoms with E-state index in [-0.39, 0.29) is 12.0 Å². The first-order valence-electron chi connectivity index (χ1n) is 9.91. The number of allylic oxidation sites excluding steroid dienone is 1. The summed E-state index contributed by atoms with van der Waals surface area (Å²) in [6.07, 6.45) is 0. The lowest BCUT2D eigenvalue weighted by molar-refractivity contribution is -0.139. The summed E-state index contributed by atoms with van der Waals surface area (Å²) < 4.78 is 7.12. The van der Waals surface area contributed by atoms with Crippen LogP contribution in [0.2, 0.25) is 0 Å². The maximum Gasteiger partial charge on any atom is 0.338 e. The number of fused-ring (bicyclic) bond motifs is 1. The van der Waals surface area contributed by atoms with Crippen molar-refractivity contribution in [2.45, 2.75) is 37.7 Å². The summed E-state index contributed by atoms with van der Waals surface area (Å²) >= 11 is 1.57. The Morgan fingerprint density at radius 3 is 2.57 bits per heavy atom. The van der Waals surface area contributed by atoms with Crippen molar-refractivity contribution in [3.8, 4) is 0 Å². The fourth-order valence-corrected chi connectivity index (χ4v) is 4.23. The van der Waals surface area contributed by atoms with Gasteiger partial charge in [0.2, 0.25) is 11.1 Å². The van der Waals surface area contributed by atoms with Crippen molar-refractivity contribution >= 4 is 23.7 Å². The number of nitrogens with zero attached hydrogens (tertiary/aromatic N) is 3. The maximum atomic E-state index is 12.8. The Kier molecular flexibility index (Phi) is 5.90. The largest absolute Gasteiger partial charge is 0.463 e. The SMILES string of the molecule is CCOC(=O)C1=C(C)Nc2nc(SCc3ccc(C)cc3)nn2C1c1ccccc1. The number of anilines is 1. The van der Waals surface area contributed by atoms with Crippen LogP contribution in [0.3, 0.4) is 0 Å². The molecule has 0 saturated carbocycles. The number of thioether (sulfide) groups is 1. The molecular weight excluding hydrogens is 396 g/mol. The summed E-state index contributed by atoms with van der Waals surface area (Å²) in [7, 11) is 0. The Morgan fingerprint density at radius 1 is 1.13 bits per heavy atom. The predicted molar refractivity (Wildman–Crippen MR) is 118 cm³/mol. The van der Waals surface area contributed by atoms with Crippen molar-refractivity contribution in [3.63, 3.8) is 0 Å². The number of hydrogen-bond acceptors (Lipinski definition) is 6. The lowest BCUT2D eigenvalue weighted by Gasteiger charge is -2.28. The number of ether oxygens (including phenoxy) is 1. The van der Waals surface area contributed by atoms with Crippen LogP contribution in [0.15, 0.2) is 71.0 Å². The minimum Gasteiger partial charge on any atom is -0.463 e. The van der Waals surface area contributed by atoms with Crippen molar-refractivity contribution in [3.05, 3.63) is 82.6 Å². The summed E-state index contributed by atoms with van der Waals surface area (Å²) in [5, 5.41) is 8.63. The molecule has 154 valence electrons. The van der Waals surface area contributed by atoms with Crippen LogP contribution in [-0.4, -0.2) is 27.3 Å². The first kappa shape index (κ1) is 20.2. The minimum atomic E-state index is -0.386. The third-order valence-electron chi connectivity index (χ3n) is 4.93. The van der Waals surface area contributed by atoms with Crippen molar-refractivity contribution in [2.24, 2.45) is 0 Å². The van der Waals surface area contributed by atoms with Gasteiger partial charge in [-0.25, -0.2) is 9.48 Å². The summed E-state index contributed by atoms with van der Waals surface area (Å²) in [5.74, 6) is 1.06. The maximum absolute atomic E-state index is 12.8. The van der Waals surface area contributed by atoms with Gasteiger partial charge in [0.15, 0.2) is 0 Å². The van der Waals surface area contributed by atoms with Crippen molar-refractivity contribution in [1.82, 2.24) is 14.8 Å². The lowest BCUT2D eigenvalue weighted by atomic mass is 9.96. The number of esters is 1. The van der Waals surface area contributed by atoms with Crippen LogP contribution in [0.5, 0.6) is 0 Å². The lowest BCUT2D eigenvalue weighted by Crippen LogP contribution is -2.29. The zero-order chi connectivity index (χ0) is 21.1. The fraction of sp³-hybridized carbons (Fsp3) is 0.261. The number of carbonyl (C=O) groups is 1. The third-order valence-corrected chi connectivity index (χ3v) is 5.84. The molecule has 2 aromatic carbocycles. The van der Waals surface area contributed by atoms with E-state index in [1.165, 1.54) is 11.1 Å². The molecule has 0 aliphatic carbocycles. The highest BCUT2D eigenvalue weighted by Crippen LogP contribution is 2.36. The van der Waals surface area contributed by atoms with Gasteiger partial charge in [0.25, 0.3) is 0 Å².